The van der Waals surface area contributed by atoms with Gasteiger partial charge in [0.25, 0.3) is 0 Å². The van der Waals surface area contributed by atoms with Gasteiger partial charge in [-0.3, -0.25) is 0 Å². The minimum Gasteiger partial charge on any atom is -0.497 e. The second-order valence-electron chi connectivity index (χ2n) is 7.79. The summed E-state index contributed by atoms with van der Waals surface area (Å²) in [5, 5.41) is 0. The van der Waals surface area contributed by atoms with Gasteiger partial charge in [0.1, 0.15) is 5.75 Å². The van der Waals surface area contributed by atoms with Crippen molar-refractivity contribution in [2.45, 2.75) is 13.0 Å². The van der Waals surface area contributed by atoms with Crippen LogP contribution in [0.2, 0.25) is 0 Å². The third-order valence-corrected chi connectivity index (χ3v) is 6.01. The Bertz CT molecular complexity index is 1210. The maximum atomic E-state index is 5.41. The van der Waals surface area contributed by atoms with Crippen LogP contribution in [-0.4, -0.2) is 7.11 Å². The molecule has 0 aliphatic carbocycles. The highest BCUT2D eigenvalue weighted by molar-refractivity contribution is 6.06. The van der Waals surface area contributed by atoms with Gasteiger partial charge in [-0.2, -0.15) is 0 Å². The smallest absolute Gasteiger partial charge is 0.119 e. The quantitative estimate of drug-likeness (QED) is 0.357. The van der Waals surface area contributed by atoms with E-state index in [0.717, 1.165) is 11.4 Å². The van der Waals surface area contributed by atoms with Crippen LogP contribution in [0, 0.1) is 0 Å². The van der Waals surface area contributed by atoms with Crippen LogP contribution in [-0.2, 0) is 0 Å². The number of fused-ring (bicyclic) bond motifs is 1. The zero-order valence-electron chi connectivity index (χ0n) is 17.8. The molecule has 1 aliphatic rings. The molecule has 152 valence electrons. The second-order valence-corrected chi connectivity index (χ2v) is 7.79. The predicted molar refractivity (Wildman–Crippen MR) is 129 cm³/mol. The number of rotatable bonds is 4. The lowest BCUT2D eigenvalue weighted by atomic mass is 9.83. The van der Waals surface area contributed by atoms with Crippen molar-refractivity contribution in [2.24, 2.45) is 0 Å². The van der Waals surface area contributed by atoms with Crippen molar-refractivity contribution in [1.29, 1.82) is 0 Å². The number of anilines is 1. The van der Waals surface area contributed by atoms with Gasteiger partial charge in [0.15, 0.2) is 0 Å². The van der Waals surface area contributed by atoms with Crippen LogP contribution in [0.15, 0.2) is 109 Å². The lowest BCUT2D eigenvalue weighted by Gasteiger charge is -2.41. The largest absolute Gasteiger partial charge is 0.497 e. The third-order valence-electron chi connectivity index (χ3n) is 6.01. The van der Waals surface area contributed by atoms with Gasteiger partial charge in [0.2, 0.25) is 0 Å². The van der Waals surface area contributed by atoms with Crippen LogP contribution in [0.25, 0.3) is 11.3 Å². The molecule has 0 spiro atoms. The van der Waals surface area contributed by atoms with Crippen LogP contribution >= 0.6 is 0 Å². The Balaban J connectivity index is 1.85. The molecule has 1 aliphatic heterocycles. The van der Waals surface area contributed by atoms with E-state index in [2.05, 4.69) is 109 Å². The molecule has 5 rings (SSSR count). The highest BCUT2D eigenvalue weighted by Crippen LogP contribution is 2.47. The first kappa shape index (κ1) is 19.2. The molecular weight excluding hydrogens is 378 g/mol. The van der Waals surface area contributed by atoms with E-state index in [1.54, 1.807) is 7.11 Å². The summed E-state index contributed by atoms with van der Waals surface area (Å²) in [5.41, 5.74) is 8.69. The molecular formula is C29H25NO. The van der Waals surface area contributed by atoms with Gasteiger partial charge in [0.05, 0.1) is 18.8 Å². The molecule has 2 heteroatoms. The summed E-state index contributed by atoms with van der Waals surface area (Å²) in [4.78, 5) is 2.46. The second kappa shape index (κ2) is 8.16. The first-order chi connectivity index (χ1) is 15.3. The third kappa shape index (κ3) is 3.40. The van der Waals surface area contributed by atoms with Gasteiger partial charge in [-0.15, -0.1) is 0 Å². The van der Waals surface area contributed by atoms with Crippen LogP contribution in [0.1, 0.15) is 35.2 Å². The fourth-order valence-corrected chi connectivity index (χ4v) is 4.54. The van der Waals surface area contributed by atoms with Gasteiger partial charge in [-0.1, -0.05) is 84.9 Å². The van der Waals surface area contributed by atoms with Gasteiger partial charge in [-0.05, 0) is 53.4 Å². The number of nitrogens with zero attached hydrogens (tertiary/aromatic N) is 1. The van der Waals surface area contributed by atoms with E-state index in [1.807, 2.05) is 12.1 Å². The van der Waals surface area contributed by atoms with Crippen LogP contribution in [0.4, 0.5) is 5.69 Å². The molecule has 0 saturated heterocycles. The topological polar surface area (TPSA) is 12.5 Å². The SMILES string of the molecule is COc1ccc(N2C(c3ccccc3)=C(c3ccccc3)c3ccccc3C2C)cc1. The molecule has 1 heterocycles. The Morgan fingerprint density at radius 3 is 1.87 bits per heavy atom. The summed E-state index contributed by atoms with van der Waals surface area (Å²) in [6, 6.07) is 38.8. The number of hydrogen-bond donors (Lipinski definition) is 0. The number of ether oxygens (including phenoxy) is 1. The molecule has 0 N–H and O–H groups in total. The van der Waals surface area contributed by atoms with Gasteiger partial charge in [-0.25, -0.2) is 0 Å². The fraction of sp³-hybridized carbons (Fsp3) is 0.103. The van der Waals surface area contributed by atoms with Crippen molar-refractivity contribution in [3.05, 3.63) is 131 Å². The Labute approximate surface area is 184 Å². The van der Waals surface area contributed by atoms with Crippen LogP contribution in [0.5, 0.6) is 5.75 Å². The summed E-state index contributed by atoms with van der Waals surface area (Å²) in [6.07, 6.45) is 0. The molecule has 0 aromatic heterocycles. The summed E-state index contributed by atoms with van der Waals surface area (Å²) in [5.74, 6) is 0.863. The molecule has 0 amide bonds. The predicted octanol–water partition coefficient (Wildman–Crippen LogP) is 7.19. The Kier molecular flexibility index (Phi) is 5.05. The minimum atomic E-state index is 0.187. The summed E-state index contributed by atoms with van der Waals surface area (Å²) < 4.78 is 5.41. The molecule has 1 unspecified atom stereocenters. The van der Waals surface area contributed by atoms with Crippen LogP contribution < -0.4 is 9.64 Å². The number of benzene rings is 4. The van der Waals surface area contributed by atoms with E-state index in [1.165, 1.54) is 33.5 Å². The number of hydrogen-bond acceptors (Lipinski definition) is 2. The first-order valence-corrected chi connectivity index (χ1v) is 10.7. The molecule has 31 heavy (non-hydrogen) atoms. The lowest BCUT2D eigenvalue weighted by molar-refractivity contribution is 0.415. The first-order valence-electron chi connectivity index (χ1n) is 10.7. The van der Waals surface area contributed by atoms with E-state index in [9.17, 15) is 0 Å². The lowest BCUT2D eigenvalue weighted by Crippen LogP contribution is -2.30. The average Bonchev–Trinajstić information content (AvgIpc) is 2.85. The average molecular weight is 404 g/mol. The Hall–Kier alpha value is -3.78. The molecule has 0 radical (unpaired) electrons. The highest BCUT2D eigenvalue weighted by Gasteiger charge is 2.32. The van der Waals surface area contributed by atoms with Crippen molar-refractivity contribution in [1.82, 2.24) is 0 Å². The molecule has 0 fully saturated rings. The van der Waals surface area contributed by atoms with E-state index in [4.69, 9.17) is 4.74 Å². The monoisotopic (exact) mass is 403 g/mol. The van der Waals surface area contributed by atoms with E-state index in [-0.39, 0.29) is 6.04 Å². The Morgan fingerprint density at radius 1 is 0.645 bits per heavy atom. The summed E-state index contributed by atoms with van der Waals surface area (Å²) in [6.45, 7) is 2.29. The van der Waals surface area contributed by atoms with E-state index >= 15 is 0 Å². The van der Waals surface area contributed by atoms with Gasteiger partial charge < -0.3 is 9.64 Å². The van der Waals surface area contributed by atoms with Gasteiger partial charge in [0, 0.05) is 11.3 Å². The zero-order valence-corrected chi connectivity index (χ0v) is 17.8. The van der Waals surface area contributed by atoms with Crippen molar-refractivity contribution < 1.29 is 4.74 Å². The minimum absolute atomic E-state index is 0.187. The maximum absolute atomic E-state index is 5.41. The fourth-order valence-electron chi connectivity index (χ4n) is 4.54. The Morgan fingerprint density at radius 2 is 1.23 bits per heavy atom. The van der Waals surface area contributed by atoms with Crippen molar-refractivity contribution in [3.8, 4) is 5.75 Å². The molecule has 0 bridgehead atoms. The maximum Gasteiger partial charge on any atom is 0.119 e. The number of methoxy groups -OCH3 is 1. The van der Waals surface area contributed by atoms with E-state index in [0.29, 0.717) is 0 Å². The highest BCUT2D eigenvalue weighted by atomic mass is 16.5. The molecule has 0 saturated carbocycles. The van der Waals surface area contributed by atoms with E-state index < -0.39 is 0 Å². The zero-order chi connectivity index (χ0) is 21.2. The molecule has 2 nitrogen and oxygen atoms in total. The molecule has 4 aromatic carbocycles. The van der Waals surface area contributed by atoms with Crippen molar-refractivity contribution >= 4 is 17.0 Å². The van der Waals surface area contributed by atoms with Crippen LogP contribution in [0.3, 0.4) is 0 Å². The van der Waals surface area contributed by atoms with Gasteiger partial charge >= 0.3 is 0 Å². The van der Waals surface area contributed by atoms with Crippen molar-refractivity contribution in [3.63, 3.8) is 0 Å². The molecule has 1 atom stereocenters. The van der Waals surface area contributed by atoms with Crippen molar-refractivity contribution in [2.75, 3.05) is 12.0 Å². The summed E-state index contributed by atoms with van der Waals surface area (Å²) in [7, 11) is 1.71. The normalized spacial score (nSPS) is 15.5. The summed E-state index contributed by atoms with van der Waals surface area (Å²) >= 11 is 0. The standard InChI is InChI=1S/C29H25NO/c1-21-26-15-9-10-16-27(26)28(22-11-5-3-6-12-22)29(23-13-7-4-8-14-23)30(21)24-17-19-25(31-2)20-18-24/h3-21H,1-2H3. The molecule has 4 aromatic rings.